The molecule has 2 amide bonds. The smallest absolute Gasteiger partial charge is 0.329 e. The summed E-state index contributed by atoms with van der Waals surface area (Å²) in [6, 6.07) is -1.42. The number of hydrogen-bond acceptors (Lipinski definition) is 3. The molecule has 0 aromatic rings. The average Bonchev–Trinajstić information content (AvgIpc) is 1.95. The van der Waals surface area contributed by atoms with Crippen LogP contribution < -0.4 is 11.1 Å². The monoisotopic (exact) mass is 216 g/mol. The third kappa shape index (κ3) is 5.93. The molecule has 15 heavy (non-hydrogen) atoms. The van der Waals surface area contributed by atoms with Crippen LogP contribution in [0, 0.1) is 5.92 Å². The molecular formula is C10H20N2O3. The Balaban J connectivity index is 4.50. The van der Waals surface area contributed by atoms with Crippen LogP contribution in [0.1, 0.15) is 34.6 Å². The van der Waals surface area contributed by atoms with Gasteiger partial charge in [-0.1, -0.05) is 13.8 Å². The Morgan fingerprint density at radius 3 is 2.00 bits per heavy atom. The minimum atomic E-state index is -0.723. The fraction of sp³-hybridized carbons (Fsp3) is 0.800. The van der Waals surface area contributed by atoms with E-state index in [0.717, 1.165) is 0 Å². The summed E-state index contributed by atoms with van der Waals surface area (Å²) in [5, 5.41) is 2.37. The van der Waals surface area contributed by atoms with Gasteiger partial charge in [0.05, 0.1) is 0 Å². The number of primary amides is 1. The summed E-state index contributed by atoms with van der Waals surface area (Å²) in [5.74, 6) is -0.524. The molecule has 0 heterocycles. The third-order valence-corrected chi connectivity index (χ3v) is 1.63. The van der Waals surface area contributed by atoms with E-state index in [2.05, 4.69) is 5.32 Å². The molecule has 0 saturated carbocycles. The van der Waals surface area contributed by atoms with Crippen LogP contribution in [0.2, 0.25) is 0 Å². The molecule has 0 rings (SSSR count). The maximum Gasteiger partial charge on any atom is 0.329 e. The Bertz CT molecular complexity index is 244. The fourth-order valence-corrected chi connectivity index (χ4v) is 1.02. The maximum atomic E-state index is 11.6. The Hall–Kier alpha value is -1.26. The Morgan fingerprint density at radius 2 is 1.73 bits per heavy atom. The molecule has 0 saturated heterocycles. The van der Waals surface area contributed by atoms with E-state index in [-0.39, 0.29) is 5.92 Å². The molecule has 1 atom stereocenters. The van der Waals surface area contributed by atoms with Crippen molar-refractivity contribution in [2.75, 3.05) is 0 Å². The lowest BCUT2D eigenvalue weighted by molar-refractivity contribution is -0.158. The molecule has 88 valence electrons. The van der Waals surface area contributed by atoms with Crippen molar-refractivity contribution in [2.45, 2.75) is 46.3 Å². The number of hydrogen-bond donors (Lipinski definition) is 2. The molecule has 0 aliphatic carbocycles. The van der Waals surface area contributed by atoms with Crippen molar-refractivity contribution in [3.8, 4) is 0 Å². The predicted molar refractivity (Wildman–Crippen MR) is 57.2 cm³/mol. The molecule has 3 N–H and O–H groups in total. The van der Waals surface area contributed by atoms with Crippen molar-refractivity contribution in [1.82, 2.24) is 5.32 Å². The normalized spacial score (nSPS) is 13.5. The number of urea groups is 1. The van der Waals surface area contributed by atoms with Gasteiger partial charge in [-0.25, -0.2) is 9.59 Å². The summed E-state index contributed by atoms with van der Waals surface area (Å²) >= 11 is 0. The largest absolute Gasteiger partial charge is 0.458 e. The van der Waals surface area contributed by atoms with Crippen LogP contribution in [0.5, 0.6) is 0 Å². The zero-order valence-corrected chi connectivity index (χ0v) is 9.96. The average molecular weight is 216 g/mol. The molecule has 0 aromatic heterocycles. The van der Waals surface area contributed by atoms with Gasteiger partial charge >= 0.3 is 12.0 Å². The third-order valence-electron chi connectivity index (χ3n) is 1.63. The summed E-state index contributed by atoms with van der Waals surface area (Å²) in [7, 11) is 0. The standard InChI is InChI=1S/C10H20N2O3/c1-6(2)7(12-9(11)14)8(13)15-10(3,4)5/h6-7H,1-5H3,(H3,11,12,14)/t7-/m0/s1. The van der Waals surface area contributed by atoms with Crippen LogP contribution in [0.25, 0.3) is 0 Å². The fourth-order valence-electron chi connectivity index (χ4n) is 1.02. The Morgan fingerprint density at radius 1 is 1.27 bits per heavy atom. The minimum Gasteiger partial charge on any atom is -0.458 e. The second-order valence-electron chi connectivity index (χ2n) is 4.76. The first kappa shape index (κ1) is 13.7. The summed E-state index contributed by atoms with van der Waals surface area (Å²) in [6.07, 6.45) is 0. The zero-order chi connectivity index (χ0) is 12.2. The molecule has 0 bridgehead atoms. The van der Waals surface area contributed by atoms with Crippen LogP contribution in [0.3, 0.4) is 0 Å². The summed E-state index contributed by atoms with van der Waals surface area (Å²) in [4.78, 5) is 22.3. The van der Waals surface area contributed by atoms with Crippen LogP contribution >= 0.6 is 0 Å². The lowest BCUT2D eigenvalue weighted by atomic mass is 10.0. The highest BCUT2D eigenvalue weighted by molar-refractivity contribution is 5.83. The Kier molecular flexibility index (Phi) is 4.58. The highest BCUT2D eigenvalue weighted by atomic mass is 16.6. The van der Waals surface area contributed by atoms with E-state index >= 15 is 0 Å². The number of ether oxygens (including phenoxy) is 1. The number of esters is 1. The summed E-state index contributed by atoms with van der Waals surface area (Å²) in [5.41, 5.74) is 4.41. The molecule has 5 heteroatoms. The van der Waals surface area contributed by atoms with Crippen molar-refractivity contribution in [3.63, 3.8) is 0 Å². The lowest BCUT2D eigenvalue weighted by Gasteiger charge is -2.25. The van der Waals surface area contributed by atoms with E-state index in [1.54, 1.807) is 20.8 Å². The molecule has 0 radical (unpaired) electrons. The molecule has 0 aromatic carbocycles. The number of nitrogens with one attached hydrogen (secondary N) is 1. The predicted octanol–water partition coefficient (Wildman–Crippen LogP) is 1.02. The van der Waals surface area contributed by atoms with Gasteiger partial charge in [-0.05, 0) is 26.7 Å². The van der Waals surface area contributed by atoms with E-state index in [1.165, 1.54) is 0 Å². The van der Waals surface area contributed by atoms with Crippen LogP contribution in [0.4, 0.5) is 4.79 Å². The van der Waals surface area contributed by atoms with E-state index in [4.69, 9.17) is 10.5 Å². The van der Waals surface area contributed by atoms with Gasteiger partial charge in [-0.2, -0.15) is 0 Å². The van der Waals surface area contributed by atoms with E-state index in [9.17, 15) is 9.59 Å². The molecule has 0 spiro atoms. The summed E-state index contributed by atoms with van der Waals surface area (Å²) in [6.45, 7) is 8.93. The highest BCUT2D eigenvalue weighted by Gasteiger charge is 2.28. The minimum absolute atomic E-state index is 0.0626. The van der Waals surface area contributed by atoms with Crippen LogP contribution in [-0.4, -0.2) is 23.6 Å². The van der Waals surface area contributed by atoms with Gasteiger partial charge in [0.1, 0.15) is 11.6 Å². The first-order valence-corrected chi connectivity index (χ1v) is 4.92. The molecular weight excluding hydrogens is 196 g/mol. The van der Waals surface area contributed by atoms with Crippen molar-refractivity contribution in [3.05, 3.63) is 0 Å². The van der Waals surface area contributed by atoms with Gasteiger partial charge in [0.15, 0.2) is 0 Å². The van der Waals surface area contributed by atoms with Gasteiger partial charge in [-0.3, -0.25) is 0 Å². The van der Waals surface area contributed by atoms with Crippen molar-refractivity contribution < 1.29 is 14.3 Å². The maximum absolute atomic E-state index is 11.6. The van der Waals surface area contributed by atoms with E-state index in [1.807, 2.05) is 13.8 Å². The van der Waals surface area contributed by atoms with Crippen LogP contribution in [-0.2, 0) is 9.53 Å². The van der Waals surface area contributed by atoms with E-state index in [0.29, 0.717) is 0 Å². The zero-order valence-electron chi connectivity index (χ0n) is 9.96. The van der Waals surface area contributed by atoms with Gasteiger partial charge in [-0.15, -0.1) is 0 Å². The quantitative estimate of drug-likeness (QED) is 0.691. The van der Waals surface area contributed by atoms with Crippen molar-refractivity contribution in [1.29, 1.82) is 0 Å². The second-order valence-corrected chi connectivity index (χ2v) is 4.76. The number of amides is 2. The Labute approximate surface area is 90.4 Å². The number of carbonyl (C=O) groups excluding carboxylic acids is 2. The van der Waals surface area contributed by atoms with Crippen molar-refractivity contribution >= 4 is 12.0 Å². The molecule has 0 aliphatic rings. The number of nitrogens with two attached hydrogens (primary N) is 1. The SMILES string of the molecule is CC(C)[C@H](NC(N)=O)C(=O)OC(C)(C)C. The van der Waals surface area contributed by atoms with Gasteiger partial charge in [0, 0.05) is 0 Å². The van der Waals surface area contributed by atoms with Crippen molar-refractivity contribution in [2.24, 2.45) is 11.7 Å². The molecule has 0 unspecified atom stereocenters. The van der Waals surface area contributed by atoms with Gasteiger partial charge in [0.2, 0.25) is 0 Å². The second kappa shape index (κ2) is 5.00. The first-order chi connectivity index (χ1) is 6.63. The molecule has 0 fully saturated rings. The summed E-state index contributed by atoms with van der Waals surface area (Å²) < 4.78 is 5.15. The lowest BCUT2D eigenvalue weighted by Crippen LogP contribution is -2.49. The number of carbonyl (C=O) groups is 2. The van der Waals surface area contributed by atoms with Gasteiger partial charge < -0.3 is 15.8 Å². The topological polar surface area (TPSA) is 81.4 Å². The highest BCUT2D eigenvalue weighted by Crippen LogP contribution is 2.12. The molecule has 5 nitrogen and oxygen atoms in total. The first-order valence-electron chi connectivity index (χ1n) is 4.92. The van der Waals surface area contributed by atoms with Gasteiger partial charge in [0.25, 0.3) is 0 Å². The number of rotatable bonds is 3. The van der Waals surface area contributed by atoms with Crippen LogP contribution in [0.15, 0.2) is 0 Å². The van der Waals surface area contributed by atoms with E-state index < -0.39 is 23.6 Å². The molecule has 0 aliphatic heterocycles.